The first kappa shape index (κ1) is 29.3. The van der Waals surface area contributed by atoms with Gasteiger partial charge in [-0.3, -0.25) is 0 Å². The van der Waals surface area contributed by atoms with E-state index in [1.807, 2.05) is 11.3 Å². The van der Waals surface area contributed by atoms with E-state index in [-0.39, 0.29) is 12.0 Å². The maximum atomic E-state index is 6.59. The van der Waals surface area contributed by atoms with Crippen LogP contribution in [-0.2, 0) is 0 Å². The van der Waals surface area contributed by atoms with Crippen molar-refractivity contribution < 1.29 is 4.74 Å². The minimum absolute atomic E-state index is 0.0655. The number of aromatic nitrogens is 3. The lowest BCUT2D eigenvalue weighted by atomic mass is 9.83. The molecular formula is C47H29N3OS. The van der Waals surface area contributed by atoms with Gasteiger partial charge in [-0.15, -0.1) is 11.3 Å². The molecule has 7 aromatic carbocycles. The van der Waals surface area contributed by atoms with Gasteiger partial charge in [-0.25, -0.2) is 15.0 Å². The largest absolute Gasteiger partial charge is 0.485 e. The van der Waals surface area contributed by atoms with Crippen LogP contribution in [0.25, 0.3) is 81.2 Å². The van der Waals surface area contributed by atoms with Crippen molar-refractivity contribution in [2.45, 2.75) is 12.0 Å². The summed E-state index contributed by atoms with van der Waals surface area (Å²) in [5.41, 5.74) is 6.44. The smallest absolute Gasteiger partial charge is 0.164 e. The number of nitrogens with zero attached hydrogens (tertiary/aromatic N) is 3. The van der Waals surface area contributed by atoms with Gasteiger partial charge in [0.2, 0.25) is 0 Å². The molecule has 0 radical (unpaired) electrons. The SMILES string of the molecule is C1=CC2Oc3ccc(-c4ccc5c(c4)sc4ccccc45)cc3C2C(c2nc(-c3ccc4ccccc4c3)nc(-c3ccc4ccccc4c3)n2)=C1. The second-order valence-electron chi connectivity index (χ2n) is 13.6. The minimum Gasteiger partial charge on any atom is -0.485 e. The van der Waals surface area contributed by atoms with Gasteiger partial charge in [0.15, 0.2) is 17.5 Å². The summed E-state index contributed by atoms with van der Waals surface area (Å²) in [5, 5.41) is 7.27. The van der Waals surface area contributed by atoms with Crippen LogP contribution in [0.1, 0.15) is 17.3 Å². The van der Waals surface area contributed by atoms with Crippen molar-refractivity contribution in [1.82, 2.24) is 15.0 Å². The van der Waals surface area contributed by atoms with E-state index in [1.165, 1.54) is 42.1 Å². The molecule has 52 heavy (non-hydrogen) atoms. The number of allylic oxidation sites excluding steroid dienone is 2. The third-order valence-corrected chi connectivity index (χ3v) is 11.6. The van der Waals surface area contributed by atoms with E-state index in [2.05, 4.69) is 164 Å². The first-order valence-electron chi connectivity index (χ1n) is 17.6. The molecule has 0 spiro atoms. The average Bonchev–Trinajstić information content (AvgIpc) is 3.78. The Morgan fingerprint density at radius 2 is 1.08 bits per heavy atom. The van der Waals surface area contributed by atoms with Gasteiger partial charge < -0.3 is 4.74 Å². The van der Waals surface area contributed by atoms with Crippen LogP contribution >= 0.6 is 11.3 Å². The Balaban J connectivity index is 1.05. The van der Waals surface area contributed by atoms with E-state index in [4.69, 9.17) is 19.7 Å². The highest BCUT2D eigenvalue weighted by Crippen LogP contribution is 2.49. The highest BCUT2D eigenvalue weighted by molar-refractivity contribution is 7.25. The molecule has 4 nitrogen and oxygen atoms in total. The topological polar surface area (TPSA) is 47.9 Å². The van der Waals surface area contributed by atoms with Crippen molar-refractivity contribution in [2.75, 3.05) is 0 Å². The summed E-state index contributed by atoms with van der Waals surface area (Å²) in [5.74, 6) is 2.79. The summed E-state index contributed by atoms with van der Waals surface area (Å²) in [6, 6.07) is 51.7. The van der Waals surface area contributed by atoms with Crippen molar-refractivity contribution >= 4 is 58.6 Å². The first-order valence-corrected chi connectivity index (χ1v) is 18.4. The fourth-order valence-electron chi connectivity index (χ4n) is 7.88. The van der Waals surface area contributed by atoms with E-state index in [9.17, 15) is 0 Å². The van der Waals surface area contributed by atoms with Crippen LogP contribution in [0.4, 0.5) is 0 Å². The second-order valence-corrected chi connectivity index (χ2v) is 14.6. The predicted molar refractivity (Wildman–Crippen MR) is 215 cm³/mol. The molecule has 0 amide bonds. The van der Waals surface area contributed by atoms with Crippen molar-refractivity contribution in [1.29, 1.82) is 0 Å². The van der Waals surface area contributed by atoms with Crippen molar-refractivity contribution in [3.63, 3.8) is 0 Å². The molecule has 2 aromatic heterocycles. The summed E-state index contributed by atoms with van der Waals surface area (Å²) in [7, 11) is 0. The first-order chi connectivity index (χ1) is 25.7. The maximum absolute atomic E-state index is 6.59. The molecule has 2 atom stereocenters. The minimum atomic E-state index is -0.152. The van der Waals surface area contributed by atoms with E-state index in [1.54, 1.807) is 0 Å². The molecule has 0 saturated heterocycles. The van der Waals surface area contributed by atoms with Gasteiger partial charge in [0.25, 0.3) is 0 Å². The lowest BCUT2D eigenvalue weighted by Crippen LogP contribution is -2.20. The lowest BCUT2D eigenvalue weighted by molar-refractivity contribution is 0.271. The monoisotopic (exact) mass is 683 g/mol. The lowest BCUT2D eigenvalue weighted by Gasteiger charge is -2.22. The summed E-state index contributed by atoms with van der Waals surface area (Å²) in [6.45, 7) is 0. The maximum Gasteiger partial charge on any atom is 0.164 e. The Kier molecular flexibility index (Phi) is 6.51. The summed E-state index contributed by atoms with van der Waals surface area (Å²) in [4.78, 5) is 15.5. The molecule has 0 N–H and O–H groups in total. The van der Waals surface area contributed by atoms with Crippen LogP contribution in [0, 0.1) is 0 Å². The predicted octanol–water partition coefficient (Wildman–Crippen LogP) is 12.0. The van der Waals surface area contributed by atoms with Gasteiger partial charge in [0.05, 0.1) is 5.92 Å². The average molecular weight is 684 g/mol. The van der Waals surface area contributed by atoms with E-state index in [0.29, 0.717) is 17.5 Å². The Bertz CT molecular complexity index is 2880. The molecule has 0 saturated carbocycles. The van der Waals surface area contributed by atoms with Gasteiger partial charge >= 0.3 is 0 Å². The van der Waals surface area contributed by atoms with E-state index >= 15 is 0 Å². The van der Waals surface area contributed by atoms with Crippen molar-refractivity contribution in [3.8, 4) is 39.7 Å². The standard InChI is InChI=1S/C47H29N3OS/c1-3-10-30-24-34(18-16-28(30)8-1)45-48-46(35-19-17-29-9-2-4-11-31(29)25-35)50-47(49-45)38-13-7-14-41-44(38)39-26-32(21-23-40(39)51-41)33-20-22-37-36-12-5-6-15-42(36)52-43(37)27-33/h1-27,41,44H. The molecule has 1 aliphatic heterocycles. The zero-order valence-electron chi connectivity index (χ0n) is 27.9. The molecule has 2 unspecified atom stereocenters. The van der Waals surface area contributed by atoms with Crippen LogP contribution in [0.2, 0.25) is 0 Å². The Morgan fingerprint density at radius 1 is 0.481 bits per heavy atom. The van der Waals surface area contributed by atoms with Gasteiger partial charge in [-0.05, 0) is 75.1 Å². The van der Waals surface area contributed by atoms with Crippen LogP contribution in [-0.4, -0.2) is 21.1 Å². The molecule has 0 bridgehead atoms. The molecule has 1 aliphatic carbocycles. The summed E-state index contributed by atoms with van der Waals surface area (Å²) < 4.78 is 9.20. The normalized spacial score (nSPS) is 16.3. The van der Waals surface area contributed by atoms with Gasteiger partial charge in [0, 0.05) is 42.4 Å². The van der Waals surface area contributed by atoms with Gasteiger partial charge in [-0.2, -0.15) is 0 Å². The molecule has 11 rings (SSSR count). The molecule has 9 aromatic rings. The second kappa shape index (κ2) is 11.6. The van der Waals surface area contributed by atoms with Crippen LogP contribution in [0.15, 0.2) is 164 Å². The molecule has 3 heterocycles. The van der Waals surface area contributed by atoms with Crippen LogP contribution in [0.5, 0.6) is 5.75 Å². The van der Waals surface area contributed by atoms with Crippen LogP contribution in [0.3, 0.4) is 0 Å². The highest BCUT2D eigenvalue weighted by Gasteiger charge is 2.39. The quantitative estimate of drug-likeness (QED) is 0.185. The van der Waals surface area contributed by atoms with Crippen LogP contribution < -0.4 is 4.74 Å². The third kappa shape index (κ3) is 4.78. The Labute approximate surface area is 304 Å². The number of rotatable bonds is 4. The molecule has 5 heteroatoms. The molecule has 2 aliphatic rings. The Hall–Kier alpha value is -6.43. The Morgan fingerprint density at radius 3 is 1.83 bits per heavy atom. The summed E-state index contributed by atoms with van der Waals surface area (Å²) >= 11 is 1.85. The third-order valence-electron chi connectivity index (χ3n) is 10.5. The number of fused-ring (bicyclic) bond motifs is 8. The van der Waals surface area contributed by atoms with Gasteiger partial charge in [-0.1, -0.05) is 121 Å². The van der Waals surface area contributed by atoms with Crippen molar-refractivity contribution in [3.05, 3.63) is 175 Å². The zero-order valence-corrected chi connectivity index (χ0v) is 28.7. The molecular weight excluding hydrogens is 655 g/mol. The number of thiophene rings is 1. The molecule has 244 valence electrons. The van der Waals surface area contributed by atoms with E-state index in [0.717, 1.165) is 38.8 Å². The van der Waals surface area contributed by atoms with Crippen molar-refractivity contribution in [2.24, 2.45) is 0 Å². The number of ether oxygens (including phenoxy) is 1. The number of hydrogen-bond acceptors (Lipinski definition) is 5. The fourth-order valence-corrected chi connectivity index (χ4v) is 9.02. The molecule has 0 fully saturated rings. The fraction of sp³-hybridized carbons (Fsp3) is 0.0426. The number of hydrogen-bond donors (Lipinski definition) is 0. The van der Waals surface area contributed by atoms with Gasteiger partial charge in [0.1, 0.15) is 11.9 Å². The zero-order chi connectivity index (χ0) is 34.2. The summed E-state index contributed by atoms with van der Waals surface area (Å²) in [6.07, 6.45) is 6.22. The number of benzene rings is 7. The van der Waals surface area contributed by atoms with E-state index < -0.39 is 0 Å². The highest BCUT2D eigenvalue weighted by atomic mass is 32.1.